The maximum atomic E-state index is 12.2. The van der Waals surface area contributed by atoms with Gasteiger partial charge in [0.15, 0.2) is 5.13 Å². The fourth-order valence-corrected chi connectivity index (χ4v) is 3.39. The molecule has 8 heteroatoms. The maximum Gasteiger partial charge on any atom is 0.263 e. The average Bonchev–Trinajstić information content (AvgIpc) is 3.14. The molecule has 144 valence electrons. The number of rotatable bonds is 7. The number of hydrogen-bond acceptors (Lipinski definition) is 5. The number of aryl methyl sites for hydroxylation is 2. The van der Waals surface area contributed by atoms with Crippen LogP contribution < -0.4 is 16.2 Å². The van der Waals surface area contributed by atoms with E-state index in [1.807, 2.05) is 31.2 Å². The van der Waals surface area contributed by atoms with Crippen LogP contribution in [0.4, 0.5) is 10.8 Å². The number of anilines is 2. The van der Waals surface area contributed by atoms with Crippen LogP contribution in [0, 0.1) is 0 Å². The van der Waals surface area contributed by atoms with Gasteiger partial charge in [-0.1, -0.05) is 25.1 Å². The van der Waals surface area contributed by atoms with Crippen LogP contribution in [0.25, 0.3) is 0 Å². The van der Waals surface area contributed by atoms with E-state index in [4.69, 9.17) is 0 Å². The summed E-state index contributed by atoms with van der Waals surface area (Å²) in [6, 6.07) is 10.7. The topological polar surface area (TPSA) is 104 Å². The van der Waals surface area contributed by atoms with Crippen molar-refractivity contribution in [3.8, 4) is 0 Å². The zero-order chi connectivity index (χ0) is 19.9. The van der Waals surface area contributed by atoms with Crippen molar-refractivity contribution in [2.24, 2.45) is 0 Å². The second-order valence-electron chi connectivity index (χ2n) is 6.07. The van der Waals surface area contributed by atoms with Gasteiger partial charge in [-0.15, -0.1) is 11.3 Å². The van der Waals surface area contributed by atoms with Crippen molar-refractivity contribution in [1.82, 2.24) is 9.97 Å². The summed E-state index contributed by atoms with van der Waals surface area (Å²) >= 11 is 1.25. The first-order valence-electron chi connectivity index (χ1n) is 8.88. The van der Waals surface area contributed by atoms with Gasteiger partial charge in [0.2, 0.25) is 5.91 Å². The number of nitrogens with zero attached hydrogens (tertiary/aromatic N) is 1. The first-order chi connectivity index (χ1) is 13.6. The normalized spacial score (nSPS) is 10.5. The predicted octanol–water partition coefficient (Wildman–Crippen LogP) is 3.22. The molecule has 0 unspecified atom stereocenters. The second-order valence-corrected chi connectivity index (χ2v) is 6.93. The summed E-state index contributed by atoms with van der Waals surface area (Å²) in [5.74, 6) is -0.605. The van der Waals surface area contributed by atoms with E-state index in [0.29, 0.717) is 17.2 Å². The minimum atomic E-state index is -0.517. The molecule has 7 nitrogen and oxygen atoms in total. The molecule has 0 radical (unpaired) electrons. The number of hydrogen-bond donors (Lipinski definition) is 3. The van der Waals surface area contributed by atoms with Crippen LogP contribution in [0.15, 0.2) is 52.8 Å². The molecule has 0 saturated heterocycles. The smallest absolute Gasteiger partial charge is 0.263 e. The molecule has 0 fully saturated rings. The fraction of sp³-hybridized carbons (Fsp3) is 0.200. The Morgan fingerprint density at radius 1 is 1.14 bits per heavy atom. The number of H-pyrrole nitrogens is 1. The molecule has 28 heavy (non-hydrogen) atoms. The average molecular weight is 396 g/mol. The molecule has 1 aromatic carbocycles. The van der Waals surface area contributed by atoms with E-state index in [2.05, 4.69) is 20.6 Å². The third-order valence-electron chi connectivity index (χ3n) is 4.12. The lowest BCUT2D eigenvalue weighted by atomic mass is 10.1. The van der Waals surface area contributed by atoms with Crippen LogP contribution in [-0.2, 0) is 17.6 Å². The summed E-state index contributed by atoms with van der Waals surface area (Å²) in [5, 5.41) is 7.72. The van der Waals surface area contributed by atoms with E-state index in [1.165, 1.54) is 23.6 Å². The monoisotopic (exact) mass is 396 g/mol. The first-order valence-corrected chi connectivity index (χ1v) is 9.76. The van der Waals surface area contributed by atoms with Gasteiger partial charge in [0.05, 0.1) is 5.69 Å². The van der Waals surface area contributed by atoms with Gasteiger partial charge in [0.1, 0.15) is 5.56 Å². The van der Waals surface area contributed by atoms with Gasteiger partial charge in [0, 0.05) is 23.7 Å². The Kier molecular flexibility index (Phi) is 6.33. The van der Waals surface area contributed by atoms with Crippen LogP contribution in [0.5, 0.6) is 0 Å². The highest BCUT2D eigenvalue weighted by Crippen LogP contribution is 2.19. The Hall–Kier alpha value is -3.26. The molecule has 3 rings (SSSR count). The van der Waals surface area contributed by atoms with Gasteiger partial charge in [-0.2, -0.15) is 0 Å². The zero-order valence-corrected chi connectivity index (χ0v) is 16.1. The molecule has 3 aromatic rings. The van der Waals surface area contributed by atoms with Crippen LogP contribution in [-0.4, -0.2) is 21.8 Å². The molecule has 2 amide bonds. The molecule has 0 bridgehead atoms. The number of pyridine rings is 1. The number of para-hydroxylation sites is 1. The van der Waals surface area contributed by atoms with Crippen molar-refractivity contribution in [2.45, 2.75) is 26.2 Å². The number of thiazole rings is 1. The molecule has 0 aliphatic carbocycles. The van der Waals surface area contributed by atoms with E-state index in [9.17, 15) is 14.4 Å². The van der Waals surface area contributed by atoms with Crippen LogP contribution >= 0.6 is 11.3 Å². The second kappa shape index (κ2) is 9.09. The van der Waals surface area contributed by atoms with E-state index in [0.717, 1.165) is 17.7 Å². The molecule has 0 spiro atoms. The summed E-state index contributed by atoms with van der Waals surface area (Å²) in [4.78, 5) is 42.8. The molecule has 0 atom stereocenters. The van der Waals surface area contributed by atoms with Gasteiger partial charge >= 0.3 is 0 Å². The number of aromatic amines is 1. The molecular formula is C20H20N4O3S. The Labute approximate surface area is 165 Å². The third kappa shape index (κ3) is 4.92. The first kappa shape index (κ1) is 19.5. The standard InChI is InChI=1S/C20H20N4O3S/c1-2-13-6-3-4-8-16(13)23-17(25)10-9-14-12-28-20(22-14)24-19(27)15-7-5-11-21-18(15)26/h3-8,11-12H,2,9-10H2,1H3,(H,21,26)(H,23,25)(H,22,24,27). The van der Waals surface area contributed by atoms with Crippen LogP contribution in [0.1, 0.15) is 35.0 Å². The van der Waals surface area contributed by atoms with Gasteiger partial charge in [-0.25, -0.2) is 4.98 Å². The summed E-state index contributed by atoms with van der Waals surface area (Å²) in [7, 11) is 0. The van der Waals surface area contributed by atoms with E-state index in [1.54, 1.807) is 11.4 Å². The molecule has 0 aliphatic heterocycles. The van der Waals surface area contributed by atoms with Crippen LogP contribution in [0.3, 0.4) is 0 Å². The van der Waals surface area contributed by atoms with Gasteiger partial charge < -0.3 is 10.3 Å². The Balaban J connectivity index is 1.55. The number of carbonyl (C=O) groups is 2. The van der Waals surface area contributed by atoms with E-state index < -0.39 is 11.5 Å². The number of nitrogens with one attached hydrogen (secondary N) is 3. The van der Waals surface area contributed by atoms with Gasteiger partial charge in [0.25, 0.3) is 11.5 Å². The van der Waals surface area contributed by atoms with Crippen molar-refractivity contribution in [3.63, 3.8) is 0 Å². The third-order valence-corrected chi connectivity index (χ3v) is 4.92. The summed E-state index contributed by atoms with van der Waals surface area (Å²) < 4.78 is 0. The minimum absolute atomic E-state index is 0.0215. The van der Waals surface area contributed by atoms with Gasteiger partial charge in [-0.05, 0) is 36.6 Å². The Morgan fingerprint density at radius 3 is 2.75 bits per heavy atom. The lowest BCUT2D eigenvalue weighted by molar-refractivity contribution is -0.116. The maximum absolute atomic E-state index is 12.2. The largest absolute Gasteiger partial charge is 0.328 e. The number of aromatic nitrogens is 2. The molecule has 2 heterocycles. The van der Waals surface area contributed by atoms with E-state index >= 15 is 0 Å². The molecule has 2 aromatic heterocycles. The summed E-state index contributed by atoms with van der Waals surface area (Å²) in [6.07, 6.45) is 3.05. The number of carbonyl (C=O) groups excluding carboxylic acids is 2. The quantitative estimate of drug-likeness (QED) is 0.570. The van der Waals surface area contributed by atoms with Gasteiger partial charge in [-0.3, -0.25) is 19.7 Å². The highest BCUT2D eigenvalue weighted by molar-refractivity contribution is 7.14. The molecule has 3 N–H and O–H groups in total. The van der Waals surface area contributed by atoms with Crippen molar-refractivity contribution in [2.75, 3.05) is 10.6 Å². The Morgan fingerprint density at radius 2 is 1.96 bits per heavy atom. The van der Waals surface area contributed by atoms with Crippen LogP contribution in [0.2, 0.25) is 0 Å². The lowest BCUT2D eigenvalue weighted by Crippen LogP contribution is -2.22. The highest BCUT2D eigenvalue weighted by atomic mass is 32.1. The summed E-state index contributed by atoms with van der Waals surface area (Å²) in [6.45, 7) is 2.04. The van der Waals surface area contributed by atoms with Crippen molar-refractivity contribution < 1.29 is 9.59 Å². The fourth-order valence-electron chi connectivity index (χ4n) is 2.65. The molecule has 0 saturated carbocycles. The molecule has 0 aliphatic rings. The van der Waals surface area contributed by atoms with Crippen molar-refractivity contribution in [1.29, 1.82) is 0 Å². The SMILES string of the molecule is CCc1ccccc1NC(=O)CCc1csc(NC(=O)c2ccc[nH]c2=O)n1. The number of benzene rings is 1. The Bertz CT molecular complexity index is 1040. The zero-order valence-electron chi connectivity index (χ0n) is 15.3. The summed E-state index contributed by atoms with van der Waals surface area (Å²) in [5.41, 5.74) is 2.19. The van der Waals surface area contributed by atoms with Crippen molar-refractivity contribution in [3.05, 3.63) is 75.1 Å². The minimum Gasteiger partial charge on any atom is -0.328 e. The molecular weight excluding hydrogens is 376 g/mol. The predicted molar refractivity (Wildman–Crippen MR) is 110 cm³/mol. The lowest BCUT2D eigenvalue weighted by Gasteiger charge is -2.09. The highest BCUT2D eigenvalue weighted by Gasteiger charge is 2.13. The number of amides is 2. The van der Waals surface area contributed by atoms with E-state index in [-0.39, 0.29) is 17.9 Å². The van der Waals surface area contributed by atoms with Crippen molar-refractivity contribution >= 4 is 34.0 Å².